The van der Waals surface area contributed by atoms with Gasteiger partial charge in [0, 0.05) is 12.6 Å². The summed E-state index contributed by atoms with van der Waals surface area (Å²) in [6.45, 7) is 5.51. The summed E-state index contributed by atoms with van der Waals surface area (Å²) in [5, 5.41) is 3.05. The van der Waals surface area contributed by atoms with Gasteiger partial charge in [0.05, 0.1) is 7.11 Å². The topological polar surface area (TPSA) is 44.8 Å². The van der Waals surface area contributed by atoms with Crippen LogP contribution in [0.5, 0.6) is 0 Å². The number of hydrogen-bond donors (Lipinski definition) is 1. The van der Waals surface area contributed by atoms with E-state index in [1.165, 1.54) is 52.3 Å². The highest BCUT2D eigenvalue weighted by Crippen LogP contribution is 2.20. The summed E-state index contributed by atoms with van der Waals surface area (Å²) in [7, 11) is 3.28. The molecule has 0 amide bonds. The van der Waals surface area contributed by atoms with Gasteiger partial charge < -0.3 is 19.9 Å². The van der Waals surface area contributed by atoms with Crippen LogP contribution in [0.2, 0.25) is 0 Å². The van der Waals surface area contributed by atoms with Gasteiger partial charge in [0.25, 0.3) is 0 Å². The molecule has 0 saturated carbocycles. The van der Waals surface area contributed by atoms with Gasteiger partial charge in [-0.3, -0.25) is 4.79 Å². The third kappa shape index (κ3) is 4.17. The normalized spacial score (nSPS) is 24.5. The Labute approximate surface area is 122 Å². The number of esters is 1. The Hall–Kier alpha value is -0.650. The first-order chi connectivity index (χ1) is 9.74. The van der Waals surface area contributed by atoms with E-state index in [1.807, 2.05) is 7.05 Å². The van der Waals surface area contributed by atoms with Crippen LogP contribution in [-0.4, -0.2) is 74.7 Å². The van der Waals surface area contributed by atoms with E-state index in [-0.39, 0.29) is 12.0 Å². The fraction of sp³-hybridized carbons (Fsp3) is 0.933. The number of hydrogen-bond acceptors (Lipinski definition) is 5. The van der Waals surface area contributed by atoms with Gasteiger partial charge in [-0.2, -0.15) is 0 Å². The molecular formula is C15H29N3O2. The Bertz CT molecular complexity index is 297. The van der Waals surface area contributed by atoms with Gasteiger partial charge in [-0.05, 0) is 58.9 Å². The van der Waals surface area contributed by atoms with Gasteiger partial charge in [0.15, 0.2) is 0 Å². The van der Waals surface area contributed by atoms with Crippen LogP contribution >= 0.6 is 0 Å². The number of piperidine rings is 2. The molecule has 20 heavy (non-hydrogen) atoms. The number of ether oxygens (including phenoxy) is 1. The molecular weight excluding hydrogens is 254 g/mol. The number of methoxy groups -OCH3 is 1. The molecule has 5 nitrogen and oxygen atoms in total. The molecule has 0 aromatic heterocycles. The molecule has 0 aliphatic carbocycles. The minimum Gasteiger partial charge on any atom is -0.468 e. The molecule has 0 radical (unpaired) electrons. The standard InChI is InChI=1S/C15H29N3O2/c1-16-14(15(19)20-2)12-17-10-6-13(7-11-17)18-8-4-3-5-9-18/h13-14,16H,3-12H2,1-2H3. The first-order valence-electron chi connectivity index (χ1n) is 7.96. The smallest absolute Gasteiger partial charge is 0.324 e. The molecule has 2 rings (SSSR count). The summed E-state index contributed by atoms with van der Waals surface area (Å²) in [5.74, 6) is -0.161. The Morgan fingerprint density at radius 1 is 1.20 bits per heavy atom. The molecule has 2 aliphatic rings. The predicted octanol–water partition coefficient (Wildman–Crippen LogP) is 0.698. The fourth-order valence-corrected chi connectivity index (χ4v) is 3.43. The van der Waals surface area contributed by atoms with Gasteiger partial charge in [-0.25, -0.2) is 0 Å². The second-order valence-corrected chi connectivity index (χ2v) is 5.99. The maximum Gasteiger partial charge on any atom is 0.324 e. The number of nitrogens with zero attached hydrogens (tertiary/aromatic N) is 2. The largest absolute Gasteiger partial charge is 0.468 e. The van der Waals surface area contributed by atoms with Crippen LogP contribution in [0.3, 0.4) is 0 Å². The summed E-state index contributed by atoms with van der Waals surface area (Å²) in [6, 6.07) is 0.559. The molecule has 2 aliphatic heterocycles. The summed E-state index contributed by atoms with van der Waals surface area (Å²) < 4.78 is 4.82. The molecule has 0 aromatic rings. The van der Waals surface area contributed by atoms with E-state index in [9.17, 15) is 4.79 Å². The van der Waals surface area contributed by atoms with Gasteiger partial charge in [-0.15, -0.1) is 0 Å². The zero-order chi connectivity index (χ0) is 14.4. The number of rotatable bonds is 5. The Morgan fingerprint density at radius 2 is 1.85 bits per heavy atom. The highest BCUT2D eigenvalue weighted by atomic mass is 16.5. The molecule has 1 unspecified atom stereocenters. The lowest BCUT2D eigenvalue weighted by Crippen LogP contribution is -2.51. The summed E-state index contributed by atoms with van der Waals surface area (Å²) in [4.78, 5) is 16.7. The van der Waals surface area contributed by atoms with Crippen molar-refractivity contribution in [2.24, 2.45) is 0 Å². The summed E-state index contributed by atoms with van der Waals surface area (Å²) in [6.07, 6.45) is 6.60. The van der Waals surface area contributed by atoms with E-state index in [4.69, 9.17) is 4.74 Å². The number of likely N-dealkylation sites (N-methyl/N-ethyl adjacent to an activating group) is 1. The van der Waals surface area contributed by atoms with Crippen molar-refractivity contribution in [2.45, 2.75) is 44.2 Å². The molecule has 5 heteroatoms. The van der Waals surface area contributed by atoms with Crippen LogP contribution in [0.4, 0.5) is 0 Å². The second kappa shape index (κ2) is 7.96. The number of carbonyl (C=O) groups is 1. The molecule has 2 heterocycles. The Balaban J connectivity index is 1.74. The highest BCUT2D eigenvalue weighted by molar-refractivity contribution is 5.75. The van der Waals surface area contributed by atoms with Gasteiger partial charge >= 0.3 is 5.97 Å². The monoisotopic (exact) mass is 283 g/mol. The molecule has 1 N–H and O–H groups in total. The molecule has 0 aromatic carbocycles. The van der Waals surface area contributed by atoms with Crippen LogP contribution in [0, 0.1) is 0 Å². The molecule has 2 saturated heterocycles. The van der Waals surface area contributed by atoms with Crippen LogP contribution < -0.4 is 5.32 Å². The zero-order valence-corrected chi connectivity index (χ0v) is 12.9. The van der Waals surface area contributed by atoms with Crippen molar-refractivity contribution in [2.75, 3.05) is 46.9 Å². The Morgan fingerprint density at radius 3 is 2.40 bits per heavy atom. The number of carbonyl (C=O) groups excluding carboxylic acids is 1. The predicted molar refractivity (Wildman–Crippen MR) is 79.7 cm³/mol. The van der Waals surface area contributed by atoms with E-state index < -0.39 is 0 Å². The zero-order valence-electron chi connectivity index (χ0n) is 12.9. The first kappa shape index (κ1) is 15.7. The van der Waals surface area contributed by atoms with Crippen LogP contribution in [0.25, 0.3) is 0 Å². The third-order valence-corrected chi connectivity index (χ3v) is 4.74. The van der Waals surface area contributed by atoms with E-state index in [0.717, 1.165) is 25.7 Å². The lowest BCUT2D eigenvalue weighted by molar-refractivity contribution is -0.143. The van der Waals surface area contributed by atoms with E-state index in [2.05, 4.69) is 15.1 Å². The van der Waals surface area contributed by atoms with Crippen LogP contribution in [0.1, 0.15) is 32.1 Å². The summed E-state index contributed by atoms with van der Waals surface area (Å²) in [5.41, 5.74) is 0. The summed E-state index contributed by atoms with van der Waals surface area (Å²) >= 11 is 0. The maximum atomic E-state index is 11.6. The van der Waals surface area contributed by atoms with Crippen molar-refractivity contribution in [3.63, 3.8) is 0 Å². The second-order valence-electron chi connectivity index (χ2n) is 5.99. The maximum absolute atomic E-state index is 11.6. The quantitative estimate of drug-likeness (QED) is 0.753. The first-order valence-corrected chi connectivity index (χ1v) is 7.96. The van der Waals surface area contributed by atoms with Crippen molar-refractivity contribution in [3.8, 4) is 0 Å². The minimum absolute atomic E-state index is 0.161. The van der Waals surface area contributed by atoms with E-state index in [0.29, 0.717) is 0 Å². The van der Waals surface area contributed by atoms with E-state index in [1.54, 1.807) is 0 Å². The van der Waals surface area contributed by atoms with Crippen molar-refractivity contribution in [1.82, 2.24) is 15.1 Å². The van der Waals surface area contributed by atoms with Crippen molar-refractivity contribution in [3.05, 3.63) is 0 Å². The average Bonchev–Trinajstić information content (AvgIpc) is 2.53. The fourth-order valence-electron chi connectivity index (χ4n) is 3.43. The SMILES string of the molecule is CNC(CN1CCC(N2CCCCC2)CC1)C(=O)OC. The van der Waals surface area contributed by atoms with Crippen molar-refractivity contribution >= 4 is 5.97 Å². The van der Waals surface area contributed by atoms with Gasteiger partial charge in [-0.1, -0.05) is 6.42 Å². The van der Waals surface area contributed by atoms with Gasteiger partial charge in [0.1, 0.15) is 6.04 Å². The van der Waals surface area contributed by atoms with Crippen molar-refractivity contribution in [1.29, 1.82) is 0 Å². The minimum atomic E-state index is -0.202. The molecule has 1 atom stereocenters. The number of nitrogens with one attached hydrogen (secondary N) is 1. The highest BCUT2D eigenvalue weighted by Gasteiger charge is 2.28. The lowest BCUT2D eigenvalue weighted by Gasteiger charge is -2.40. The molecule has 116 valence electrons. The number of likely N-dealkylation sites (tertiary alicyclic amines) is 2. The molecule has 2 fully saturated rings. The van der Waals surface area contributed by atoms with Crippen molar-refractivity contribution < 1.29 is 9.53 Å². The third-order valence-electron chi connectivity index (χ3n) is 4.74. The molecule has 0 bridgehead atoms. The van der Waals surface area contributed by atoms with Crippen LogP contribution in [0.15, 0.2) is 0 Å². The average molecular weight is 283 g/mol. The lowest BCUT2D eigenvalue weighted by atomic mass is 9.99. The van der Waals surface area contributed by atoms with E-state index >= 15 is 0 Å². The molecule has 0 spiro atoms. The van der Waals surface area contributed by atoms with Crippen LogP contribution in [-0.2, 0) is 9.53 Å². The van der Waals surface area contributed by atoms with Gasteiger partial charge in [0.2, 0.25) is 0 Å². The Kier molecular flexibility index (Phi) is 6.26.